The Hall–Kier alpha value is -0.130. The molecule has 1 unspecified atom stereocenters. The minimum absolute atomic E-state index is 0.580. The standard InChI is InChI=1S/C14H21BrClN3/c1-18-5-6-19(2)13(10-18)9-17-8-11-7-12(16)3-4-14(11)15/h3-4,7,13,17H,5-6,8-10H2,1-2H3. The van der Waals surface area contributed by atoms with Crippen molar-refractivity contribution < 1.29 is 0 Å². The van der Waals surface area contributed by atoms with E-state index in [0.29, 0.717) is 6.04 Å². The highest BCUT2D eigenvalue weighted by Gasteiger charge is 2.21. The molecule has 0 aromatic heterocycles. The number of rotatable bonds is 4. The Balaban J connectivity index is 1.84. The van der Waals surface area contributed by atoms with E-state index in [1.165, 1.54) is 5.56 Å². The minimum atomic E-state index is 0.580. The van der Waals surface area contributed by atoms with Crippen molar-refractivity contribution in [2.24, 2.45) is 0 Å². The van der Waals surface area contributed by atoms with E-state index in [2.05, 4.69) is 45.1 Å². The van der Waals surface area contributed by atoms with Gasteiger partial charge in [0, 0.05) is 48.3 Å². The van der Waals surface area contributed by atoms with Crippen molar-refractivity contribution in [3.8, 4) is 0 Å². The van der Waals surface area contributed by atoms with Gasteiger partial charge >= 0.3 is 0 Å². The van der Waals surface area contributed by atoms with Crippen LogP contribution in [0.2, 0.25) is 5.02 Å². The summed E-state index contributed by atoms with van der Waals surface area (Å²) in [4.78, 5) is 4.82. The van der Waals surface area contributed by atoms with E-state index in [1.807, 2.05) is 18.2 Å². The fourth-order valence-electron chi connectivity index (χ4n) is 2.37. The molecular weight excluding hydrogens is 326 g/mol. The second kappa shape index (κ2) is 7.04. The van der Waals surface area contributed by atoms with E-state index < -0.39 is 0 Å². The van der Waals surface area contributed by atoms with Crippen LogP contribution in [0.1, 0.15) is 5.56 Å². The normalized spacial score (nSPS) is 21.8. The highest BCUT2D eigenvalue weighted by atomic mass is 79.9. The van der Waals surface area contributed by atoms with Crippen molar-refractivity contribution in [3.05, 3.63) is 33.3 Å². The van der Waals surface area contributed by atoms with Crippen molar-refractivity contribution in [1.29, 1.82) is 0 Å². The molecule has 1 atom stereocenters. The molecule has 1 heterocycles. The SMILES string of the molecule is CN1CCN(C)C(CNCc2cc(Cl)ccc2Br)C1. The first-order valence-electron chi connectivity index (χ1n) is 6.59. The molecule has 0 saturated carbocycles. The molecular formula is C14H21BrClN3. The van der Waals surface area contributed by atoms with Crippen LogP contribution in [-0.2, 0) is 6.54 Å². The molecule has 3 nitrogen and oxygen atoms in total. The quantitative estimate of drug-likeness (QED) is 0.903. The third-order valence-electron chi connectivity index (χ3n) is 3.68. The van der Waals surface area contributed by atoms with Crippen LogP contribution in [0.5, 0.6) is 0 Å². The molecule has 5 heteroatoms. The monoisotopic (exact) mass is 345 g/mol. The van der Waals surface area contributed by atoms with Gasteiger partial charge in [0.25, 0.3) is 0 Å². The zero-order chi connectivity index (χ0) is 13.8. The van der Waals surface area contributed by atoms with E-state index in [-0.39, 0.29) is 0 Å². The molecule has 1 saturated heterocycles. The molecule has 0 radical (unpaired) electrons. The Morgan fingerprint density at radius 3 is 2.95 bits per heavy atom. The van der Waals surface area contributed by atoms with Gasteiger partial charge in [-0.1, -0.05) is 27.5 Å². The lowest BCUT2D eigenvalue weighted by Crippen LogP contribution is -2.53. The number of hydrogen-bond acceptors (Lipinski definition) is 3. The lowest BCUT2D eigenvalue weighted by molar-refractivity contribution is 0.113. The number of nitrogens with zero attached hydrogens (tertiary/aromatic N) is 2. The summed E-state index contributed by atoms with van der Waals surface area (Å²) >= 11 is 9.58. The van der Waals surface area contributed by atoms with Crippen LogP contribution in [0.3, 0.4) is 0 Å². The summed E-state index contributed by atoms with van der Waals surface area (Å²) in [5, 5.41) is 4.32. The molecule has 1 aromatic carbocycles. The predicted molar refractivity (Wildman–Crippen MR) is 84.8 cm³/mol. The number of likely N-dealkylation sites (N-methyl/N-ethyl adjacent to an activating group) is 2. The Morgan fingerprint density at radius 1 is 1.37 bits per heavy atom. The molecule has 0 aliphatic carbocycles. The number of halogens is 2. The first-order valence-corrected chi connectivity index (χ1v) is 7.77. The maximum absolute atomic E-state index is 6.02. The van der Waals surface area contributed by atoms with Crippen molar-refractivity contribution in [1.82, 2.24) is 15.1 Å². The largest absolute Gasteiger partial charge is 0.311 e. The second-order valence-electron chi connectivity index (χ2n) is 5.26. The third kappa shape index (κ3) is 4.43. The molecule has 2 rings (SSSR count). The Kier molecular flexibility index (Phi) is 5.66. The number of nitrogens with one attached hydrogen (secondary N) is 1. The molecule has 0 bridgehead atoms. The summed E-state index contributed by atoms with van der Waals surface area (Å²) in [5.74, 6) is 0. The minimum Gasteiger partial charge on any atom is -0.311 e. The van der Waals surface area contributed by atoms with E-state index in [1.54, 1.807) is 0 Å². The van der Waals surface area contributed by atoms with E-state index in [0.717, 1.165) is 42.2 Å². The van der Waals surface area contributed by atoms with E-state index >= 15 is 0 Å². The maximum Gasteiger partial charge on any atom is 0.0410 e. The molecule has 106 valence electrons. The summed E-state index contributed by atoms with van der Waals surface area (Å²) in [6.07, 6.45) is 0. The number of benzene rings is 1. The van der Waals surface area contributed by atoms with Gasteiger partial charge in [0.05, 0.1) is 0 Å². The molecule has 1 N–H and O–H groups in total. The van der Waals surface area contributed by atoms with Crippen LogP contribution in [0.4, 0.5) is 0 Å². The van der Waals surface area contributed by atoms with Crippen LogP contribution in [0, 0.1) is 0 Å². The number of hydrogen-bond donors (Lipinski definition) is 1. The Labute approximate surface area is 129 Å². The van der Waals surface area contributed by atoms with Gasteiger partial charge in [-0.3, -0.25) is 4.90 Å². The fourth-order valence-corrected chi connectivity index (χ4v) is 2.96. The lowest BCUT2D eigenvalue weighted by Gasteiger charge is -2.37. The highest BCUT2D eigenvalue weighted by molar-refractivity contribution is 9.10. The van der Waals surface area contributed by atoms with Crippen LogP contribution in [0.25, 0.3) is 0 Å². The predicted octanol–water partition coefficient (Wildman–Crippen LogP) is 2.44. The summed E-state index contributed by atoms with van der Waals surface area (Å²) < 4.78 is 1.11. The van der Waals surface area contributed by atoms with Crippen molar-refractivity contribution in [3.63, 3.8) is 0 Å². The van der Waals surface area contributed by atoms with Crippen molar-refractivity contribution >= 4 is 27.5 Å². The second-order valence-corrected chi connectivity index (χ2v) is 6.55. The Morgan fingerprint density at radius 2 is 2.16 bits per heavy atom. The molecule has 1 aliphatic heterocycles. The lowest BCUT2D eigenvalue weighted by atomic mass is 10.1. The molecule has 1 aromatic rings. The van der Waals surface area contributed by atoms with Gasteiger partial charge in [0.1, 0.15) is 0 Å². The zero-order valence-electron chi connectivity index (χ0n) is 11.5. The first kappa shape index (κ1) is 15.3. The van der Waals surface area contributed by atoms with Crippen LogP contribution in [-0.4, -0.2) is 56.1 Å². The molecule has 19 heavy (non-hydrogen) atoms. The highest BCUT2D eigenvalue weighted by Crippen LogP contribution is 2.21. The van der Waals surface area contributed by atoms with Crippen molar-refractivity contribution in [2.75, 3.05) is 40.3 Å². The van der Waals surface area contributed by atoms with Gasteiger partial charge in [-0.2, -0.15) is 0 Å². The van der Waals surface area contributed by atoms with Gasteiger partial charge < -0.3 is 10.2 Å². The van der Waals surface area contributed by atoms with Crippen molar-refractivity contribution in [2.45, 2.75) is 12.6 Å². The van der Waals surface area contributed by atoms with Gasteiger partial charge in [0.2, 0.25) is 0 Å². The smallest absolute Gasteiger partial charge is 0.0410 e. The topological polar surface area (TPSA) is 18.5 Å². The Bertz CT molecular complexity index is 427. The fraction of sp³-hybridized carbons (Fsp3) is 0.571. The molecule has 1 fully saturated rings. The van der Waals surface area contributed by atoms with Gasteiger partial charge in [-0.05, 0) is 37.9 Å². The van der Waals surface area contributed by atoms with Crippen LogP contribution in [0.15, 0.2) is 22.7 Å². The first-order chi connectivity index (χ1) is 9.06. The zero-order valence-corrected chi connectivity index (χ0v) is 13.8. The average Bonchev–Trinajstić information content (AvgIpc) is 2.38. The van der Waals surface area contributed by atoms with E-state index in [4.69, 9.17) is 11.6 Å². The summed E-state index contributed by atoms with van der Waals surface area (Å²) in [6.45, 7) is 5.27. The summed E-state index contributed by atoms with van der Waals surface area (Å²) in [7, 11) is 4.39. The molecule has 0 amide bonds. The van der Waals surface area contributed by atoms with Crippen LogP contribution < -0.4 is 5.32 Å². The summed E-state index contributed by atoms with van der Waals surface area (Å²) in [6, 6.07) is 6.49. The maximum atomic E-state index is 6.02. The molecule has 1 aliphatic rings. The third-order valence-corrected chi connectivity index (χ3v) is 4.69. The summed E-state index contributed by atoms with van der Waals surface area (Å²) in [5.41, 5.74) is 1.21. The van der Waals surface area contributed by atoms with E-state index in [9.17, 15) is 0 Å². The van der Waals surface area contributed by atoms with Gasteiger partial charge in [-0.15, -0.1) is 0 Å². The van der Waals surface area contributed by atoms with Gasteiger partial charge in [0.15, 0.2) is 0 Å². The average molecular weight is 347 g/mol. The molecule has 0 spiro atoms. The van der Waals surface area contributed by atoms with Crippen LogP contribution >= 0.6 is 27.5 Å². The number of piperazine rings is 1. The van der Waals surface area contributed by atoms with Gasteiger partial charge in [-0.25, -0.2) is 0 Å².